The van der Waals surface area contributed by atoms with Crippen molar-refractivity contribution in [2.24, 2.45) is 5.92 Å². The van der Waals surface area contributed by atoms with Gasteiger partial charge in [0.1, 0.15) is 5.75 Å². The molecular formula is C15H21NO3. The third-order valence-electron chi connectivity index (χ3n) is 3.88. The quantitative estimate of drug-likeness (QED) is 0.876. The number of carbonyl (C=O) groups excluding carboxylic acids is 1. The zero-order valence-corrected chi connectivity index (χ0v) is 11.3. The van der Waals surface area contributed by atoms with Gasteiger partial charge >= 0.3 is 0 Å². The fraction of sp³-hybridized carbons (Fsp3) is 0.533. The minimum Gasteiger partial charge on any atom is -0.508 e. The van der Waals surface area contributed by atoms with E-state index in [9.17, 15) is 9.90 Å². The monoisotopic (exact) mass is 263 g/mol. The van der Waals surface area contributed by atoms with Crippen molar-refractivity contribution in [2.75, 3.05) is 19.7 Å². The van der Waals surface area contributed by atoms with Crippen molar-refractivity contribution in [3.63, 3.8) is 0 Å². The molecule has 1 saturated heterocycles. The molecule has 4 heteroatoms. The highest BCUT2D eigenvalue weighted by Crippen LogP contribution is 2.24. The summed E-state index contributed by atoms with van der Waals surface area (Å²) in [6.45, 7) is 3.40. The standard InChI is InChI=1S/C15H21NO3/c1-11-13(5-2-6-14(11)18)15(19)16-8-3-4-12(10-16)7-9-17/h2,5-6,12,17-18H,3-4,7-10H2,1H3. The van der Waals surface area contributed by atoms with Crippen LogP contribution in [-0.4, -0.2) is 40.7 Å². The number of nitrogens with zero attached hydrogens (tertiary/aromatic N) is 1. The number of piperidine rings is 1. The molecule has 4 nitrogen and oxygen atoms in total. The predicted molar refractivity (Wildman–Crippen MR) is 73.2 cm³/mol. The van der Waals surface area contributed by atoms with Crippen LogP contribution in [0.15, 0.2) is 18.2 Å². The molecular weight excluding hydrogens is 242 g/mol. The van der Waals surface area contributed by atoms with Gasteiger partial charge in [0.15, 0.2) is 0 Å². The van der Waals surface area contributed by atoms with Crippen LogP contribution in [0, 0.1) is 12.8 Å². The van der Waals surface area contributed by atoms with Gasteiger partial charge in [0, 0.05) is 30.8 Å². The van der Waals surface area contributed by atoms with Crippen molar-refractivity contribution in [2.45, 2.75) is 26.2 Å². The number of aliphatic hydroxyl groups excluding tert-OH is 1. The minimum atomic E-state index is -0.0176. The van der Waals surface area contributed by atoms with Gasteiger partial charge in [0.05, 0.1) is 0 Å². The maximum absolute atomic E-state index is 12.5. The first-order valence-corrected chi connectivity index (χ1v) is 6.82. The van der Waals surface area contributed by atoms with Crippen molar-refractivity contribution >= 4 is 5.91 Å². The topological polar surface area (TPSA) is 60.8 Å². The average Bonchev–Trinajstić information content (AvgIpc) is 2.42. The molecule has 1 unspecified atom stereocenters. The first-order valence-electron chi connectivity index (χ1n) is 6.82. The molecule has 1 aromatic rings. The third-order valence-corrected chi connectivity index (χ3v) is 3.88. The largest absolute Gasteiger partial charge is 0.508 e. The van der Waals surface area contributed by atoms with E-state index in [0.29, 0.717) is 23.6 Å². The Morgan fingerprint density at radius 2 is 2.26 bits per heavy atom. The Balaban J connectivity index is 2.12. The van der Waals surface area contributed by atoms with Crippen molar-refractivity contribution in [1.29, 1.82) is 0 Å². The Morgan fingerprint density at radius 3 is 3.00 bits per heavy atom. The van der Waals surface area contributed by atoms with Crippen LogP contribution in [0.25, 0.3) is 0 Å². The van der Waals surface area contributed by atoms with E-state index in [-0.39, 0.29) is 18.3 Å². The van der Waals surface area contributed by atoms with Crippen LogP contribution in [0.3, 0.4) is 0 Å². The van der Waals surface area contributed by atoms with Gasteiger partial charge in [-0.1, -0.05) is 6.07 Å². The summed E-state index contributed by atoms with van der Waals surface area (Å²) in [4.78, 5) is 14.3. The smallest absolute Gasteiger partial charge is 0.254 e. The summed E-state index contributed by atoms with van der Waals surface area (Å²) in [5, 5.41) is 18.7. The lowest BCUT2D eigenvalue weighted by molar-refractivity contribution is 0.0652. The molecule has 0 radical (unpaired) electrons. The van der Waals surface area contributed by atoms with E-state index >= 15 is 0 Å². The van der Waals surface area contributed by atoms with Crippen LogP contribution in [0.5, 0.6) is 5.75 Å². The second-order valence-corrected chi connectivity index (χ2v) is 5.22. The van der Waals surface area contributed by atoms with E-state index < -0.39 is 0 Å². The van der Waals surface area contributed by atoms with Gasteiger partial charge in [0.2, 0.25) is 0 Å². The van der Waals surface area contributed by atoms with Crippen LogP contribution in [0.2, 0.25) is 0 Å². The van der Waals surface area contributed by atoms with E-state index in [1.165, 1.54) is 0 Å². The average molecular weight is 263 g/mol. The van der Waals surface area contributed by atoms with Gasteiger partial charge in [-0.15, -0.1) is 0 Å². The molecule has 1 aromatic carbocycles. The van der Waals surface area contributed by atoms with Crippen molar-refractivity contribution in [1.82, 2.24) is 4.90 Å². The molecule has 1 heterocycles. The lowest BCUT2D eigenvalue weighted by Crippen LogP contribution is -2.40. The number of likely N-dealkylation sites (tertiary alicyclic amines) is 1. The molecule has 0 aromatic heterocycles. The Labute approximate surface area is 113 Å². The maximum Gasteiger partial charge on any atom is 0.254 e. The zero-order chi connectivity index (χ0) is 13.8. The lowest BCUT2D eigenvalue weighted by atomic mass is 9.94. The molecule has 2 rings (SSSR count). The first kappa shape index (κ1) is 13.9. The molecule has 1 aliphatic heterocycles. The first-order chi connectivity index (χ1) is 9.13. The van der Waals surface area contributed by atoms with Crippen LogP contribution in [0.1, 0.15) is 35.2 Å². The van der Waals surface area contributed by atoms with E-state index in [0.717, 1.165) is 25.8 Å². The van der Waals surface area contributed by atoms with Gasteiger partial charge in [-0.3, -0.25) is 4.79 Å². The van der Waals surface area contributed by atoms with Gasteiger partial charge in [-0.05, 0) is 44.2 Å². The van der Waals surface area contributed by atoms with E-state index in [1.807, 2.05) is 4.90 Å². The summed E-state index contributed by atoms with van der Waals surface area (Å²) in [5.41, 5.74) is 1.21. The summed E-state index contributed by atoms with van der Waals surface area (Å²) in [5.74, 6) is 0.533. The number of carbonyl (C=O) groups is 1. The fourth-order valence-electron chi connectivity index (χ4n) is 2.69. The molecule has 1 atom stereocenters. The normalized spacial score (nSPS) is 19.5. The number of hydrogen-bond acceptors (Lipinski definition) is 3. The summed E-state index contributed by atoms with van der Waals surface area (Å²) in [6.07, 6.45) is 2.81. The fourth-order valence-corrected chi connectivity index (χ4v) is 2.69. The second-order valence-electron chi connectivity index (χ2n) is 5.22. The van der Waals surface area contributed by atoms with Gasteiger partial charge < -0.3 is 15.1 Å². The minimum absolute atomic E-state index is 0.0176. The maximum atomic E-state index is 12.5. The Hall–Kier alpha value is -1.55. The summed E-state index contributed by atoms with van der Waals surface area (Å²) >= 11 is 0. The number of benzene rings is 1. The highest BCUT2D eigenvalue weighted by atomic mass is 16.3. The van der Waals surface area contributed by atoms with Crippen LogP contribution >= 0.6 is 0 Å². The Morgan fingerprint density at radius 1 is 1.47 bits per heavy atom. The molecule has 0 spiro atoms. The van der Waals surface area contributed by atoms with Crippen LogP contribution in [-0.2, 0) is 0 Å². The molecule has 0 saturated carbocycles. The number of aromatic hydroxyl groups is 1. The van der Waals surface area contributed by atoms with E-state index in [1.54, 1.807) is 25.1 Å². The SMILES string of the molecule is Cc1c(O)cccc1C(=O)N1CCCC(CCO)C1. The van der Waals surface area contributed by atoms with E-state index in [4.69, 9.17) is 5.11 Å². The number of phenolic OH excluding ortho intramolecular Hbond substituents is 1. The lowest BCUT2D eigenvalue weighted by Gasteiger charge is -2.33. The van der Waals surface area contributed by atoms with E-state index in [2.05, 4.69) is 0 Å². The molecule has 0 aliphatic carbocycles. The summed E-state index contributed by atoms with van der Waals surface area (Å²) in [7, 11) is 0. The zero-order valence-electron chi connectivity index (χ0n) is 11.3. The number of aliphatic hydroxyl groups is 1. The van der Waals surface area contributed by atoms with Gasteiger partial charge in [-0.2, -0.15) is 0 Å². The number of rotatable bonds is 3. The second kappa shape index (κ2) is 6.06. The van der Waals surface area contributed by atoms with Crippen molar-refractivity contribution in [3.05, 3.63) is 29.3 Å². The molecule has 1 aliphatic rings. The highest BCUT2D eigenvalue weighted by Gasteiger charge is 2.25. The predicted octanol–water partition coefficient (Wildman–Crippen LogP) is 1.94. The number of hydrogen-bond donors (Lipinski definition) is 2. The highest BCUT2D eigenvalue weighted by molar-refractivity contribution is 5.96. The molecule has 2 N–H and O–H groups in total. The molecule has 104 valence electrons. The summed E-state index contributed by atoms with van der Waals surface area (Å²) < 4.78 is 0. The van der Waals surface area contributed by atoms with Crippen molar-refractivity contribution < 1.29 is 15.0 Å². The van der Waals surface area contributed by atoms with Crippen molar-refractivity contribution in [3.8, 4) is 5.75 Å². The number of phenols is 1. The molecule has 0 bridgehead atoms. The summed E-state index contributed by atoms with van der Waals surface area (Å²) in [6, 6.07) is 5.05. The Bertz CT molecular complexity index is 457. The molecule has 19 heavy (non-hydrogen) atoms. The number of amides is 1. The molecule has 1 fully saturated rings. The molecule has 1 amide bonds. The van der Waals surface area contributed by atoms with Crippen LogP contribution < -0.4 is 0 Å². The van der Waals surface area contributed by atoms with Crippen LogP contribution in [0.4, 0.5) is 0 Å². The third kappa shape index (κ3) is 3.07. The van der Waals surface area contributed by atoms with Gasteiger partial charge in [0.25, 0.3) is 5.91 Å². The van der Waals surface area contributed by atoms with Gasteiger partial charge in [-0.25, -0.2) is 0 Å². The Kier molecular flexibility index (Phi) is 4.43.